The predicted octanol–water partition coefficient (Wildman–Crippen LogP) is 4.21. The van der Waals surface area contributed by atoms with Crippen molar-refractivity contribution >= 4 is 29.3 Å². The number of likely N-dealkylation sites (tertiary alicyclic amines) is 2. The number of nitrogens with one attached hydrogen (secondary N) is 2. The van der Waals surface area contributed by atoms with E-state index in [0.717, 1.165) is 63.0 Å². The average Bonchev–Trinajstić information content (AvgIpc) is 3.51. The highest BCUT2D eigenvalue weighted by atomic mass is 35.5. The summed E-state index contributed by atoms with van der Waals surface area (Å²) in [5.41, 5.74) is 3.40. The van der Waals surface area contributed by atoms with Crippen LogP contribution < -0.4 is 10.6 Å². The standard InChI is InChI=1S/C35H48ClN5O3/c1-24(2)22-41(30-15-19-40(23-30)25(3)42)29-13-17-39(18-14-29)35(44)33(20-26-8-10-28(36)11-9-26)38-34(43)21-32-31-7-5-4-6-27(31)12-16-37-32/h4-11,24,29-30,32-33,37H,12-23H2,1-3H3,(H,38,43)/t30-,32?,33+/m0/s1. The number of halogens is 1. The SMILES string of the molecule is CC(=O)N1CC[C@H](N(CC(C)C)C2CCN(C(=O)[C@@H](Cc3ccc(Cl)cc3)NC(=O)CC3NCCc4ccccc43)CC2)C1. The molecule has 9 heteroatoms. The highest BCUT2D eigenvalue weighted by Gasteiger charge is 2.37. The first-order valence-electron chi connectivity index (χ1n) is 16.3. The van der Waals surface area contributed by atoms with E-state index in [2.05, 4.69) is 41.5 Å². The fraction of sp³-hybridized carbons (Fsp3) is 0.571. The maximum Gasteiger partial charge on any atom is 0.245 e. The zero-order chi connectivity index (χ0) is 31.2. The molecule has 3 atom stereocenters. The van der Waals surface area contributed by atoms with Gasteiger partial charge in [0.15, 0.2) is 0 Å². The van der Waals surface area contributed by atoms with E-state index >= 15 is 0 Å². The summed E-state index contributed by atoms with van der Waals surface area (Å²) in [6.45, 7) is 10.9. The highest BCUT2D eigenvalue weighted by molar-refractivity contribution is 6.30. The molecule has 3 aliphatic heterocycles. The summed E-state index contributed by atoms with van der Waals surface area (Å²) in [4.78, 5) is 46.0. The number of nitrogens with zero attached hydrogens (tertiary/aromatic N) is 3. The number of piperidine rings is 1. The largest absolute Gasteiger partial charge is 0.344 e. The highest BCUT2D eigenvalue weighted by Crippen LogP contribution is 2.27. The van der Waals surface area contributed by atoms with Gasteiger partial charge < -0.3 is 20.4 Å². The summed E-state index contributed by atoms with van der Waals surface area (Å²) in [7, 11) is 0. The van der Waals surface area contributed by atoms with E-state index in [-0.39, 0.29) is 30.2 Å². The molecule has 2 fully saturated rings. The minimum atomic E-state index is -0.648. The van der Waals surface area contributed by atoms with Crippen molar-refractivity contribution < 1.29 is 14.4 Å². The summed E-state index contributed by atoms with van der Waals surface area (Å²) in [5.74, 6) is 0.517. The lowest BCUT2D eigenvalue weighted by Crippen LogP contribution is -2.55. The molecule has 2 saturated heterocycles. The third-order valence-electron chi connectivity index (χ3n) is 9.49. The van der Waals surface area contributed by atoms with Crippen LogP contribution in [0.1, 0.15) is 69.2 Å². The van der Waals surface area contributed by atoms with E-state index in [1.54, 1.807) is 6.92 Å². The van der Waals surface area contributed by atoms with Gasteiger partial charge in [-0.15, -0.1) is 0 Å². The Kier molecular flexibility index (Phi) is 11.0. The van der Waals surface area contributed by atoms with Crippen LogP contribution in [-0.2, 0) is 27.2 Å². The summed E-state index contributed by atoms with van der Waals surface area (Å²) in [6, 6.07) is 15.8. The lowest BCUT2D eigenvalue weighted by molar-refractivity contribution is -0.138. The van der Waals surface area contributed by atoms with E-state index in [9.17, 15) is 14.4 Å². The Hall–Kier alpha value is -2.94. The third-order valence-corrected chi connectivity index (χ3v) is 9.74. The summed E-state index contributed by atoms with van der Waals surface area (Å²) >= 11 is 6.13. The number of hydrogen-bond acceptors (Lipinski definition) is 5. The van der Waals surface area contributed by atoms with Gasteiger partial charge in [-0.2, -0.15) is 0 Å². The van der Waals surface area contributed by atoms with E-state index in [0.29, 0.717) is 42.5 Å². The van der Waals surface area contributed by atoms with Gasteiger partial charge in [0.2, 0.25) is 17.7 Å². The molecule has 8 nitrogen and oxygen atoms in total. The van der Waals surface area contributed by atoms with Gasteiger partial charge >= 0.3 is 0 Å². The van der Waals surface area contributed by atoms with E-state index in [1.165, 1.54) is 5.56 Å². The molecule has 5 rings (SSSR count). The first-order chi connectivity index (χ1) is 21.2. The van der Waals surface area contributed by atoms with Crippen molar-refractivity contribution in [1.82, 2.24) is 25.3 Å². The van der Waals surface area contributed by atoms with Crippen molar-refractivity contribution in [1.29, 1.82) is 0 Å². The van der Waals surface area contributed by atoms with Crippen LogP contribution in [0.15, 0.2) is 48.5 Å². The van der Waals surface area contributed by atoms with Gasteiger partial charge in [0.05, 0.1) is 0 Å². The Labute approximate surface area is 267 Å². The second-order valence-corrected chi connectivity index (χ2v) is 13.6. The molecule has 0 radical (unpaired) electrons. The number of benzene rings is 2. The van der Waals surface area contributed by atoms with Crippen molar-refractivity contribution in [3.05, 3.63) is 70.2 Å². The minimum absolute atomic E-state index is 0.0252. The third kappa shape index (κ3) is 8.20. The van der Waals surface area contributed by atoms with Crippen molar-refractivity contribution in [3.8, 4) is 0 Å². The molecule has 2 aromatic carbocycles. The maximum absolute atomic E-state index is 14.0. The molecule has 1 unspecified atom stereocenters. The summed E-state index contributed by atoms with van der Waals surface area (Å²) in [6.07, 6.45) is 4.43. The number of amides is 3. The van der Waals surface area contributed by atoms with Crippen molar-refractivity contribution in [2.75, 3.05) is 39.3 Å². The van der Waals surface area contributed by atoms with Crippen molar-refractivity contribution in [2.45, 2.75) is 83.5 Å². The number of hydrogen-bond donors (Lipinski definition) is 2. The van der Waals surface area contributed by atoms with E-state index in [4.69, 9.17) is 11.6 Å². The molecular formula is C35H48ClN5O3. The Balaban J connectivity index is 1.24. The van der Waals surface area contributed by atoms with Gasteiger partial charge in [0, 0.05) is 75.6 Å². The van der Waals surface area contributed by atoms with Crippen LogP contribution in [0.2, 0.25) is 5.02 Å². The predicted molar refractivity (Wildman–Crippen MR) is 174 cm³/mol. The topological polar surface area (TPSA) is 85.0 Å². The first-order valence-corrected chi connectivity index (χ1v) is 16.7. The number of carbonyl (C=O) groups is 3. The van der Waals surface area contributed by atoms with Crippen LogP contribution in [0.4, 0.5) is 0 Å². The molecule has 44 heavy (non-hydrogen) atoms. The van der Waals surface area contributed by atoms with E-state index < -0.39 is 6.04 Å². The molecular weight excluding hydrogens is 574 g/mol. The number of carbonyl (C=O) groups excluding carboxylic acids is 3. The second-order valence-electron chi connectivity index (χ2n) is 13.2. The smallest absolute Gasteiger partial charge is 0.245 e. The molecule has 2 N–H and O–H groups in total. The molecule has 3 heterocycles. The Morgan fingerprint density at radius 3 is 2.34 bits per heavy atom. The van der Waals surface area contributed by atoms with Crippen LogP contribution in [0.25, 0.3) is 0 Å². The summed E-state index contributed by atoms with van der Waals surface area (Å²) < 4.78 is 0. The van der Waals surface area contributed by atoms with Crippen LogP contribution >= 0.6 is 11.6 Å². The molecule has 0 bridgehead atoms. The van der Waals surface area contributed by atoms with Gasteiger partial charge in [0.1, 0.15) is 6.04 Å². The molecule has 0 saturated carbocycles. The Morgan fingerprint density at radius 2 is 1.66 bits per heavy atom. The van der Waals surface area contributed by atoms with Gasteiger partial charge in [-0.25, -0.2) is 0 Å². The van der Waals surface area contributed by atoms with Gasteiger partial charge in [0.25, 0.3) is 0 Å². The maximum atomic E-state index is 14.0. The molecule has 0 spiro atoms. The lowest BCUT2D eigenvalue weighted by Gasteiger charge is -2.43. The quantitative estimate of drug-likeness (QED) is 0.415. The van der Waals surface area contributed by atoms with Crippen molar-refractivity contribution in [2.24, 2.45) is 5.92 Å². The zero-order valence-electron chi connectivity index (χ0n) is 26.4. The van der Waals surface area contributed by atoms with Gasteiger partial charge in [-0.1, -0.05) is 61.8 Å². The molecule has 0 aliphatic carbocycles. The molecule has 3 aliphatic rings. The number of fused-ring (bicyclic) bond motifs is 1. The van der Waals surface area contributed by atoms with Crippen LogP contribution in [0, 0.1) is 5.92 Å². The molecule has 0 aromatic heterocycles. The number of rotatable bonds is 10. The molecule has 3 amide bonds. The van der Waals surface area contributed by atoms with E-state index in [1.807, 2.05) is 46.2 Å². The monoisotopic (exact) mass is 621 g/mol. The fourth-order valence-corrected chi connectivity index (χ4v) is 7.35. The summed E-state index contributed by atoms with van der Waals surface area (Å²) in [5, 5.41) is 7.26. The van der Waals surface area contributed by atoms with Crippen LogP contribution in [0.3, 0.4) is 0 Å². The van der Waals surface area contributed by atoms with Gasteiger partial charge in [-0.3, -0.25) is 19.3 Å². The van der Waals surface area contributed by atoms with Gasteiger partial charge in [-0.05, 0) is 67.0 Å². The average molecular weight is 622 g/mol. The lowest BCUT2D eigenvalue weighted by atomic mass is 9.92. The van der Waals surface area contributed by atoms with Crippen molar-refractivity contribution in [3.63, 3.8) is 0 Å². The second kappa shape index (κ2) is 14.9. The first kappa shape index (κ1) is 32.5. The Morgan fingerprint density at radius 1 is 0.977 bits per heavy atom. The molecule has 238 valence electrons. The Bertz CT molecular complexity index is 1290. The zero-order valence-corrected chi connectivity index (χ0v) is 27.2. The molecule has 2 aromatic rings. The fourth-order valence-electron chi connectivity index (χ4n) is 7.22. The van der Waals surface area contributed by atoms with Crippen LogP contribution in [0.5, 0.6) is 0 Å². The normalized spacial score (nSPS) is 21.4. The minimum Gasteiger partial charge on any atom is -0.344 e. The van der Waals surface area contributed by atoms with Crippen LogP contribution in [-0.4, -0.2) is 89.8 Å².